The highest BCUT2D eigenvalue weighted by atomic mass is 15.1. The highest BCUT2D eigenvalue weighted by molar-refractivity contribution is 6.14. The lowest BCUT2D eigenvalue weighted by atomic mass is 9.72. The van der Waals surface area contributed by atoms with E-state index in [2.05, 4.69) is 223 Å². The molecule has 0 atom stereocenters. The third kappa shape index (κ3) is 5.32. The summed E-state index contributed by atoms with van der Waals surface area (Å²) in [7, 11) is 4.46. The number of nitrogens with zero attached hydrogens (tertiary/aromatic N) is 2. The Hall–Kier alpha value is -6.64. The molecule has 8 aromatic carbocycles. The molecule has 2 nitrogen and oxygen atoms in total. The number of benzene rings is 8. The van der Waals surface area contributed by atoms with E-state index in [1.54, 1.807) is 0 Å². The first-order valence-corrected chi connectivity index (χ1v) is 20.9. The van der Waals surface area contributed by atoms with E-state index in [1.807, 2.05) is 6.08 Å². The molecule has 0 fully saturated rings. The molecule has 288 valence electrons. The molecule has 0 aromatic heterocycles. The molecule has 0 spiro atoms. The van der Waals surface area contributed by atoms with Crippen LogP contribution in [0.25, 0.3) is 49.4 Å². The van der Waals surface area contributed by atoms with Gasteiger partial charge in [0.2, 0.25) is 0 Å². The van der Waals surface area contributed by atoms with E-state index in [1.165, 1.54) is 105 Å². The van der Waals surface area contributed by atoms with Gasteiger partial charge in [-0.2, -0.15) is 0 Å². The van der Waals surface area contributed by atoms with Crippen LogP contribution in [0, 0.1) is 6.92 Å². The Morgan fingerprint density at radius 3 is 1.71 bits per heavy atom. The lowest BCUT2D eigenvalue weighted by Gasteiger charge is -2.42. The zero-order valence-electron chi connectivity index (χ0n) is 35.2. The molecule has 8 aromatic rings. The molecule has 2 heterocycles. The van der Waals surface area contributed by atoms with Gasteiger partial charge in [0.05, 0.1) is 11.4 Å². The molecule has 59 heavy (non-hydrogen) atoms. The molecular weight excluding hydrogens is 713 g/mol. The first kappa shape index (κ1) is 36.7. The van der Waals surface area contributed by atoms with Crippen molar-refractivity contribution in [3.63, 3.8) is 0 Å². The van der Waals surface area contributed by atoms with E-state index >= 15 is 0 Å². The normalized spacial score (nSPS) is 15.1. The molecule has 0 N–H and O–H groups in total. The molecule has 2 aliphatic heterocycles. The Balaban J connectivity index is 1.30. The summed E-state index contributed by atoms with van der Waals surface area (Å²) in [5.41, 5.74) is 19.8. The maximum Gasteiger partial charge on any atom is 0.0529 e. The maximum absolute atomic E-state index is 4.32. The van der Waals surface area contributed by atoms with Gasteiger partial charge < -0.3 is 9.80 Å². The Kier molecular flexibility index (Phi) is 8.37. The van der Waals surface area contributed by atoms with Crippen LogP contribution in [0.3, 0.4) is 0 Å². The maximum atomic E-state index is 4.32. The van der Waals surface area contributed by atoms with Crippen LogP contribution in [0.4, 0.5) is 22.7 Å². The predicted molar refractivity (Wildman–Crippen MR) is 254 cm³/mol. The topological polar surface area (TPSA) is 6.48 Å². The first-order chi connectivity index (χ1) is 28.5. The molecule has 0 aliphatic carbocycles. The highest BCUT2D eigenvalue weighted by Crippen LogP contribution is 2.55. The van der Waals surface area contributed by atoms with Gasteiger partial charge >= 0.3 is 0 Å². The van der Waals surface area contributed by atoms with Crippen molar-refractivity contribution in [1.82, 2.24) is 0 Å². The number of rotatable bonds is 5. The molecule has 0 saturated carbocycles. The van der Waals surface area contributed by atoms with Crippen LogP contribution in [0.15, 0.2) is 170 Å². The molecule has 2 heteroatoms. The van der Waals surface area contributed by atoms with Crippen LogP contribution < -0.4 is 9.80 Å². The average molecular weight is 763 g/mol. The highest BCUT2D eigenvalue weighted by Gasteiger charge is 2.38. The van der Waals surface area contributed by atoms with Crippen LogP contribution in [0.5, 0.6) is 0 Å². The number of hydrogen-bond donors (Lipinski definition) is 0. The van der Waals surface area contributed by atoms with Gasteiger partial charge in [0.1, 0.15) is 0 Å². The van der Waals surface area contributed by atoms with Crippen molar-refractivity contribution < 1.29 is 0 Å². The molecule has 0 bridgehead atoms. The van der Waals surface area contributed by atoms with Gasteiger partial charge in [0.15, 0.2) is 0 Å². The van der Waals surface area contributed by atoms with Gasteiger partial charge in [-0.1, -0.05) is 180 Å². The zero-order valence-corrected chi connectivity index (χ0v) is 35.2. The van der Waals surface area contributed by atoms with E-state index in [9.17, 15) is 0 Å². The minimum atomic E-state index is -0.182. The second kappa shape index (κ2) is 13.5. The zero-order chi connectivity index (χ0) is 40.8. The average Bonchev–Trinajstić information content (AvgIpc) is 3.26. The number of anilines is 4. The van der Waals surface area contributed by atoms with E-state index in [-0.39, 0.29) is 10.8 Å². The molecule has 0 amide bonds. The summed E-state index contributed by atoms with van der Waals surface area (Å²) in [5.74, 6) is 0. The number of hydrogen-bond acceptors (Lipinski definition) is 2. The molecule has 10 rings (SSSR count). The van der Waals surface area contributed by atoms with Gasteiger partial charge in [0, 0.05) is 47.4 Å². The minimum Gasteiger partial charge on any atom is -0.344 e. The number of fused-ring (bicyclic) bond motifs is 6. The van der Waals surface area contributed by atoms with E-state index in [0.717, 1.165) is 5.57 Å². The van der Waals surface area contributed by atoms with Crippen LogP contribution >= 0.6 is 0 Å². The summed E-state index contributed by atoms with van der Waals surface area (Å²) in [6.07, 6.45) is 4.20. The van der Waals surface area contributed by atoms with Crippen LogP contribution in [0.1, 0.15) is 66.6 Å². The molecule has 2 aliphatic rings. The Labute approximate surface area is 349 Å². The fourth-order valence-electron chi connectivity index (χ4n) is 10.6. The van der Waals surface area contributed by atoms with E-state index in [0.29, 0.717) is 0 Å². The van der Waals surface area contributed by atoms with Crippen molar-refractivity contribution in [2.45, 2.75) is 45.4 Å². The van der Waals surface area contributed by atoms with Gasteiger partial charge in [-0.15, -0.1) is 0 Å². The van der Waals surface area contributed by atoms with Gasteiger partial charge in [-0.3, -0.25) is 0 Å². The van der Waals surface area contributed by atoms with Gasteiger partial charge in [0.25, 0.3) is 0 Å². The van der Waals surface area contributed by atoms with Crippen LogP contribution in [-0.2, 0) is 10.8 Å². The molecule has 0 unspecified atom stereocenters. The molecule has 0 radical (unpaired) electrons. The number of para-hydroxylation sites is 4. The fourth-order valence-corrected chi connectivity index (χ4v) is 10.6. The summed E-state index contributed by atoms with van der Waals surface area (Å²) in [6.45, 7) is 16.1. The first-order valence-electron chi connectivity index (χ1n) is 20.9. The standard InChI is InChI=1S/C57H50N2/c1-9-20-39(43-27-18-31-49-54(43)58(7)51-33-14-12-29-47(51)56(49,3)4)45-35-46-40(44-28-19-32-50-55(44)59(8)52-34-15-13-30-48(52)57(50,5)6)24-17-26-42(46)53(36(45)2)41-25-16-22-37-21-10-11-23-38(37)41/h9-35H,1H2,2-8H3/b39-20-. The summed E-state index contributed by atoms with van der Waals surface area (Å²) in [5, 5.41) is 4.96. The largest absolute Gasteiger partial charge is 0.344 e. The Morgan fingerprint density at radius 2 is 1.00 bits per heavy atom. The van der Waals surface area contributed by atoms with Crippen molar-refractivity contribution in [3.8, 4) is 22.3 Å². The smallest absolute Gasteiger partial charge is 0.0529 e. The van der Waals surface area contributed by atoms with E-state index < -0.39 is 0 Å². The van der Waals surface area contributed by atoms with Gasteiger partial charge in [-0.05, 0) is 102 Å². The number of allylic oxidation sites excluding steroid dienone is 2. The van der Waals surface area contributed by atoms with Crippen molar-refractivity contribution in [2.75, 3.05) is 23.9 Å². The summed E-state index contributed by atoms with van der Waals surface area (Å²) >= 11 is 0. The van der Waals surface area contributed by atoms with Crippen LogP contribution in [-0.4, -0.2) is 14.1 Å². The Morgan fingerprint density at radius 1 is 0.492 bits per heavy atom. The van der Waals surface area contributed by atoms with Crippen LogP contribution in [0.2, 0.25) is 0 Å². The Bertz CT molecular complexity index is 3060. The third-order valence-electron chi connectivity index (χ3n) is 13.6. The summed E-state index contributed by atoms with van der Waals surface area (Å²) in [4.78, 5) is 4.82. The van der Waals surface area contributed by atoms with E-state index in [4.69, 9.17) is 0 Å². The van der Waals surface area contributed by atoms with Crippen molar-refractivity contribution in [3.05, 3.63) is 209 Å². The van der Waals surface area contributed by atoms with Gasteiger partial charge in [-0.25, -0.2) is 0 Å². The summed E-state index contributed by atoms with van der Waals surface area (Å²) in [6, 6.07) is 56.5. The lowest BCUT2D eigenvalue weighted by Crippen LogP contribution is -2.31. The minimum absolute atomic E-state index is 0.167. The van der Waals surface area contributed by atoms with Crippen molar-refractivity contribution >= 4 is 49.9 Å². The molecular formula is C57H50N2. The lowest BCUT2D eigenvalue weighted by molar-refractivity contribution is 0.629. The fraction of sp³-hybridized carbons (Fsp3) is 0.158. The second-order valence-corrected chi connectivity index (χ2v) is 17.5. The second-order valence-electron chi connectivity index (χ2n) is 17.5. The molecule has 0 saturated heterocycles. The quantitative estimate of drug-likeness (QED) is 0.161. The van der Waals surface area contributed by atoms with Crippen molar-refractivity contribution in [1.29, 1.82) is 0 Å². The van der Waals surface area contributed by atoms with Crippen molar-refractivity contribution in [2.24, 2.45) is 0 Å². The predicted octanol–water partition coefficient (Wildman–Crippen LogP) is 15.1. The monoisotopic (exact) mass is 762 g/mol. The summed E-state index contributed by atoms with van der Waals surface area (Å²) < 4.78 is 0. The third-order valence-corrected chi connectivity index (χ3v) is 13.6. The SMILES string of the molecule is C=C/C=C(\c1cc2c(-c3cccc4c3N(C)c3ccccc3C4(C)C)cccc2c(-c2cccc3ccccc23)c1C)c1cccc2c1N(C)c1ccccc1C2(C)C.